The van der Waals surface area contributed by atoms with E-state index in [2.05, 4.69) is 15.6 Å². The second-order valence-corrected chi connectivity index (χ2v) is 5.20. The molecule has 0 aliphatic rings. The van der Waals surface area contributed by atoms with Crippen LogP contribution in [0, 0.1) is 6.92 Å². The summed E-state index contributed by atoms with van der Waals surface area (Å²) >= 11 is 5.84. The summed E-state index contributed by atoms with van der Waals surface area (Å²) in [7, 11) is 1.78. The number of hydrogen-bond acceptors (Lipinski definition) is 3. The highest BCUT2D eigenvalue weighted by Gasteiger charge is 2.07. The number of carbonyl (C=O) groups is 1. The van der Waals surface area contributed by atoms with Crippen molar-refractivity contribution in [2.75, 3.05) is 18.9 Å². The van der Waals surface area contributed by atoms with Gasteiger partial charge in [-0.2, -0.15) is 0 Å². The summed E-state index contributed by atoms with van der Waals surface area (Å²) < 4.78 is 0. The molecule has 2 rings (SSSR count). The van der Waals surface area contributed by atoms with Gasteiger partial charge in [-0.3, -0.25) is 4.79 Å². The van der Waals surface area contributed by atoms with Crippen molar-refractivity contribution >= 4 is 23.3 Å². The van der Waals surface area contributed by atoms with E-state index in [1.165, 1.54) is 0 Å². The second-order valence-electron chi connectivity index (χ2n) is 4.76. The number of halogens is 1. The van der Waals surface area contributed by atoms with Gasteiger partial charge in [0.05, 0.1) is 0 Å². The number of aryl methyl sites for hydroxylation is 1. The number of hydrogen-bond donors (Lipinski definition) is 2. The fraction of sp³-hybridized carbons (Fsp3) is 0.250. The van der Waals surface area contributed by atoms with Crippen molar-refractivity contribution in [3.8, 4) is 0 Å². The zero-order valence-electron chi connectivity index (χ0n) is 12.1. The quantitative estimate of drug-likeness (QED) is 0.892. The lowest BCUT2D eigenvalue weighted by Crippen LogP contribution is -2.26. The molecule has 0 radical (unpaired) electrons. The number of pyridine rings is 1. The van der Waals surface area contributed by atoms with E-state index in [4.69, 9.17) is 11.6 Å². The van der Waals surface area contributed by atoms with Crippen LogP contribution in [0.25, 0.3) is 0 Å². The molecule has 2 aromatic rings. The molecule has 1 aromatic carbocycles. The molecule has 0 saturated heterocycles. The average Bonchev–Trinajstić information content (AvgIpc) is 2.48. The lowest BCUT2D eigenvalue weighted by molar-refractivity contribution is 0.0954. The monoisotopic (exact) mass is 303 g/mol. The van der Waals surface area contributed by atoms with E-state index in [1.807, 2.05) is 31.2 Å². The van der Waals surface area contributed by atoms with Crippen molar-refractivity contribution in [3.63, 3.8) is 0 Å². The number of anilines is 1. The first-order chi connectivity index (χ1) is 10.1. The summed E-state index contributed by atoms with van der Waals surface area (Å²) in [5.74, 6) is 0.601. The lowest BCUT2D eigenvalue weighted by atomic mass is 10.1. The van der Waals surface area contributed by atoms with Crippen molar-refractivity contribution in [2.45, 2.75) is 13.3 Å². The molecule has 0 saturated carbocycles. The summed E-state index contributed by atoms with van der Waals surface area (Å²) in [6.07, 6.45) is 0.770. The van der Waals surface area contributed by atoms with E-state index in [0.29, 0.717) is 17.9 Å². The van der Waals surface area contributed by atoms with Crippen LogP contribution in [0.5, 0.6) is 0 Å². The molecule has 5 heteroatoms. The number of benzene rings is 1. The Labute approximate surface area is 129 Å². The fourth-order valence-corrected chi connectivity index (χ4v) is 2.13. The van der Waals surface area contributed by atoms with Crippen molar-refractivity contribution in [1.82, 2.24) is 10.3 Å². The first kappa shape index (κ1) is 15.3. The van der Waals surface area contributed by atoms with Crippen LogP contribution in [0.2, 0.25) is 5.02 Å². The maximum atomic E-state index is 12.1. The number of amides is 1. The maximum Gasteiger partial charge on any atom is 0.251 e. The molecule has 4 nitrogen and oxygen atoms in total. The Morgan fingerprint density at radius 2 is 1.95 bits per heavy atom. The predicted octanol–water partition coefficient (Wildman–Crippen LogP) is 3.06. The summed E-state index contributed by atoms with van der Waals surface area (Å²) in [6, 6.07) is 11.1. The smallest absolute Gasteiger partial charge is 0.251 e. The molecule has 0 unspecified atom stereocenters. The molecule has 2 N–H and O–H groups in total. The summed E-state index contributed by atoms with van der Waals surface area (Å²) in [5.41, 5.74) is 2.56. The van der Waals surface area contributed by atoms with Gasteiger partial charge in [-0.1, -0.05) is 23.7 Å². The number of nitrogens with zero attached hydrogens (tertiary/aromatic N) is 1. The molecular formula is C16H18ClN3O. The number of aromatic nitrogens is 1. The highest BCUT2D eigenvalue weighted by molar-refractivity contribution is 6.30. The van der Waals surface area contributed by atoms with Crippen LogP contribution in [0.3, 0.4) is 0 Å². The number of rotatable bonds is 5. The Bertz CT molecular complexity index is 626. The van der Waals surface area contributed by atoms with Crippen LogP contribution in [0.4, 0.5) is 5.82 Å². The van der Waals surface area contributed by atoms with Crippen molar-refractivity contribution in [2.24, 2.45) is 0 Å². The van der Waals surface area contributed by atoms with E-state index >= 15 is 0 Å². The van der Waals surface area contributed by atoms with Crippen molar-refractivity contribution in [1.29, 1.82) is 0 Å². The summed E-state index contributed by atoms with van der Waals surface area (Å²) in [6.45, 7) is 2.45. The Hall–Kier alpha value is -2.07. The molecule has 1 amide bonds. The Morgan fingerprint density at radius 1 is 1.24 bits per heavy atom. The molecule has 0 aliphatic carbocycles. The van der Waals surface area contributed by atoms with E-state index in [9.17, 15) is 4.79 Å². The van der Waals surface area contributed by atoms with Crippen molar-refractivity contribution < 1.29 is 4.79 Å². The standard InChI is InChI=1S/C16H18ClN3O/c1-11-9-13(10-15(18-2)20-11)16(21)19-8-7-12-3-5-14(17)6-4-12/h3-6,9-10H,7-8H2,1-2H3,(H,18,20)(H,19,21). The largest absolute Gasteiger partial charge is 0.373 e. The molecule has 1 heterocycles. The van der Waals surface area contributed by atoms with E-state index in [1.54, 1.807) is 19.2 Å². The molecule has 0 spiro atoms. The fourth-order valence-electron chi connectivity index (χ4n) is 2.00. The molecule has 0 fully saturated rings. The third-order valence-corrected chi connectivity index (χ3v) is 3.34. The van der Waals surface area contributed by atoms with Crippen LogP contribution in [0.1, 0.15) is 21.6 Å². The van der Waals surface area contributed by atoms with Crippen LogP contribution in [-0.4, -0.2) is 24.5 Å². The number of nitrogens with one attached hydrogen (secondary N) is 2. The van der Waals surface area contributed by atoms with Gasteiger partial charge >= 0.3 is 0 Å². The summed E-state index contributed by atoms with van der Waals surface area (Å²) in [5, 5.41) is 6.58. The molecule has 0 bridgehead atoms. The zero-order chi connectivity index (χ0) is 15.2. The zero-order valence-corrected chi connectivity index (χ0v) is 12.9. The minimum Gasteiger partial charge on any atom is -0.373 e. The molecular weight excluding hydrogens is 286 g/mol. The highest BCUT2D eigenvalue weighted by atomic mass is 35.5. The number of carbonyl (C=O) groups excluding carboxylic acids is 1. The molecule has 0 atom stereocenters. The van der Waals surface area contributed by atoms with Gasteiger partial charge in [0.15, 0.2) is 0 Å². The van der Waals surface area contributed by atoms with Gasteiger partial charge in [0.25, 0.3) is 5.91 Å². The molecule has 21 heavy (non-hydrogen) atoms. The maximum absolute atomic E-state index is 12.1. The third kappa shape index (κ3) is 4.46. The Balaban J connectivity index is 1.92. The van der Waals surface area contributed by atoms with Crippen LogP contribution in [-0.2, 0) is 6.42 Å². The SMILES string of the molecule is CNc1cc(C(=O)NCCc2ccc(Cl)cc2)cc(C)n1. The van der Waals surface area contributed by atoms with E-state index in [-0.39, 0.29) is 5.91 Å². The van der Waals surface area contributed by atoms with Gasteiger partial charge in [0.1, 0.15) is 5.82 Å². The highest BCUT2D eigenvalue weighted by Crippen LogP contribution is 2.11. The van der Waals surface area contributed by atoms with Gasteiger partial charge < -0.3 is 10.6 Å². The third-order valence-electron chi connectivity index (χ3n) is 3.08. The van der Waals surface area contributed by atoms with Gasteiger partial charge in [0, 0.05) is 29.9 Å². The summed E-state index contributed by atoms with van der Waals surface area (Å²) in [4.78, 5) is 16.4. The van der Waals surface area contributed by atoms with Crippen molar-refractivity contribution in [3.05, 3.63) is 58.2 Å². The average molecular weight is 304 g/mol. The van der Waals surface area contributed by atoms with E-state index < -0.39 is 0 Å². The molecule has 110 valence electrons. The minimum absolute atomic E-state index is 0.0917. The van der Waals surface area contributed by atoms with E-state index in [0.717, 1.165) is 22.7 Å². The first-order valence-electron chi connectivity index (χ1n) is 6.77. The molecule has 1 aromatic heterocycles. The van der Waals surface area contributed by atoms with Crippen LogP contribution >= 0.6 is 11.6 Å². The van der Waals surface area contributed by atoms with Gasteiger partial charge in [0.2, 0.25) is 0 Å². The Morgan fingerprint density at radius 3 is 2.62 bits per heavy atom. The minimum atomic E-state index is -0.0917. The van der Waals surface area contributed by atoms with Gasteiger partial charge in [-0.25, -0.2) is 4.98 Å². The van der Waals surface area contributed by atoms with Crippen LogP contribution in [0.15, 0.2) is 36.4 Å². The van der Waals surface area contributed by atoms with Crippen LogP contribution < -0.4 is 10.6 Å². The van der Waals surface area contributed by atoms with Gasteiger partial charge in [-0.05, 0) is 43.2 Å². The normalized spacial score (nSPS) is 10.2. The molecule has 0 aliphatic heterocycles. The lowest BCUT2D eigenvalue weighted by Gasteiger charge is -2.08. The predicted molar refractivity (Wildman–Crippen MR) is 86.0 cm³/mol. The second kappa shape index (κ2) is 7.09. The first-order valence-corrected chi connectivity index (χ1v) is 7.15. The van der Waals surface area contributed by atoms with Gasteiger partial charge in [-0.15, -0.1) is 0 Å². The topological polar surface area (TPSA) is 54.0 Å². The Kier molecular flexibility index (Phi) is 5.17.